The first kappa shape index (κ1) is 10.9. The van der Waals surface area contributed by atoms with E-state index in [1.807, 2.05) is 18.8 Å². The maximum atomic E-state index is 5.29. The molecule has 0 saturated carbocycles. The van der Waals surface area contributed by atoms with Gasteiger partial charge in [-0.25, -0.2) is 0 Å². The fourth-order valence-electron chi connectivity index (χ4n) is 0.548. The molecule has 0 heterocycles. The first-order chi connectivity index (χ1) is 4.99. The average Bonchev–Trinajstić information content (AvgIpc) is 1.88. The highest BCUT2D eigenvalue weighted by Gasteiger charge is 2.12. The fraction of sp³-hybridized carbons (Fsp3) is 0.778. The Balaban J connectivity index is 3.62. The minimum Gasteiger partial charge on any atom is -0.306 e. The molecule has 0 aliphatic carbocycles. The molecule has 0 aliphatic heterocycles. The van der Waals surface area contributed by atoms with Crippen molar-refractivity contribution in [3.05, 3.63) is 0 Å². The van der Waals surface area contributed by atoms with Crippen molar-refractivity contribution in [3.63, 3.8) is 0 Å². The molecule has 1 N–H and O–H groups in total. The smallest absolute Gasteiger partial charge is 0.0776 e. The van der Waals surface area contributed by atoms with Crippen molar-refractivity contribution in [2.45, 2.75) is 31.6 Å². The molecule has 64 valence electrons. The lowest BCUT2D eigenvalue weighted by Gasteiger charge is -2.19. The normalized spacial score (nSPS) is 14.1. The van der Waals surface area contributed by atoms with Crippen molar-refractivity contribution in [1.29, 1.82) is 0 Å². The van der Waals surface area contributed by atoms with Crippen molar-refractivity contribution in [1.82, 2.24) is 5.32 Å². The summed E-state index contributed by atoms with van der Waals surface area (Å²) in [6.45, 7) is 6.59. The monoisotopic (exact) mass is 171 g/mol. The molecule has 0 fully saturated rings. The van der Waals surface area contributed by atoms with E-state index >= 15 is 0 Å². The molecule has 0 aliphatic rings. The largest absolute Gasteiger partial charge is 0.306 e. The van der Waals surface area contributed by atoms with Crippen LogP contribution in [0.1, 0.15) is 20.8 Å². The summed E-state index contributed by atoms with van der Waals surface area (Å²) in [5.74, 6) is 3.68. The standard InChI is InChI=1S/C9H17NS/c1-6-8(10-5)7-11-9(2,3)4/h1,8,10H,7H2,2-5H3. The van der Waals surface area contributed by atoms with E-state index in [1.54, 1.807) is 0 Å². The van der Waals surface area contributed by atoms with Crippen molar-refractivity contribution in [2.75, 3.05) is 12.8 Å². The van der Waals surface area contributed by atoms with Crippen LogP contribution in [0.15, 0.2) is 0 Å². The summed E-state index contributed by atoms with van der Waals surface area (Å²) in [5.41, 5.74) is 0. The molecule has 1 atom stereocenters. The van der Waals surface area contributed by atoms with Gasteiger partial charge in [-0.2, -0.15) is 11.8 Å². The number of thioether (sulfide) groups is 1. The lowest BCUT2D eigenvalue weighted by atomic mass is 10.3. The lowest BCUT2D eigenvalue weighted by Crippen LogP contribution is -2.27. The Morgan fingerprint density at radius 3 is 2.36 bits per heavy atom. The second-order valence-corrected chi connectivity index (χ2v) is 5.28. The first-order valence-electron chi connectivity index (χ1n) is 3.77. The summed E-state index contributed by atoms with van der Waals surface area (Å²) in [4.78, 5) is 0. The van der Waals surface area contributed by atoms with Gasteiger partial charge >= 0.3 is 0 Å². The number of nitrogens with one attached hydrogen (secondary N) is 1. The highest BCUT2D eigenvalue weighted by Crippen LogP contribution is 2.23. The van der Waals surface area contributed by atoms with E-state index in [-0.39, 0.29) is 6.04 Å². The fourth-order valence-corrected chi connectivity index (χ4v) is 1.48. The second kappa shape index (κ2) is 4.69. The Hall–Kier alpha value is -0.130. The summed E-state index contributed by atoms with van der Waals surface area (Å²) in [6, 6.07) is 0.208. The van der Waals surface area contributed by atoms with Crippen molar-refractivity contribution in [3.8, 4) is 12.3 Å². The van der Waals surface area contributed by atoms with Crippen LogP contribution >= 0.6 is 11.8 Å². The Morgan fingerprint density at radius 1 is 1.55 bits per heavy atom. The molecule has 1 nitrogen and oxygen atoms in total. The Kier molecular flexibility index (Phi) is 4.63. The summed E-state index contributed by atoms with van der Waals surface area (Å²) >= 11 is 1.89. The minimum absolute atomic E-state index is 0.208. The molecular formula is C9H17NS. The van der Waals surface area contributed by atoms with Gasteiger partial charge in [0.15, 0.2) is 0 Å². The molecule has 0 aromatic carbocycles. The molecule has 11 heavy (non-hydrogen) atoms. The third kappa shape index (κ3) is 6.28. The molecular weight excluding hydrogens is 154 g/mol. The van der Waals surface area contributed by atoms with Crippen LogP contribution in [-0.4, -0.2) is 23.6 Å². The SMILES string of the molecule is C#CC(CSC(C)(C)C)NC. The van der Waals surface area contributed by atoms with E-state index in [1.165, 1.54) is 0 Å². The zero-order chi connectivity index (χ0) is 8.91. The summed E-state index contributed by atoms with van der Waals surface area (Å²) in [7, 11) is 1.90. The van der Waals surface area contributed by atoms with Crippen LogP contribution in [-0.2, 0) is 0 Å². The topological polar surface area (TPSA) is 12.0 Å². The zero-order valence-corrected chi connectivity index (χ0v) is 8.59. The number of rotatable bonds is 3. The van der Waals surface area contributed by atoms with Gasteiger partial charge in [0, 0.05) is 10.5 Å². The van der Waals surface area contributed by atoms with Crippen molar-refractivity contribution >= 4 is 11.8 Å². The van der Waals surface area contributed by atoms with Gasteiger partial charge in [0.1, 0.15) is 0 Å². The van der Waals surface area contributed by atoms with Crippen LogP contribution in [0, 0.1) is 12.3 Å². The molecule has 0 radical (unpaired) electrons. The summed E-state index contributed by atoms with van der Waals surface area (Å²) in [6.07, 6.45) is 5.29. The van der Waals surface area contributed by atoms with Gasteiger partial charge in [-0.15, -0.1) is 6.42 Å². The van der Waals surface area contributed by atoms with Crippen LogP contribution in [0.5, 0.6) is 0 Å². The van der Waals surface area contributed by atoms with E-state index in [0.717, 1.165) is 5.75 Å². The summed E-state index contributed by atoms with van der Waals surface area (Å²) < 4.78 is 0.311. The first-order valence-corrected chi connectivity index (χ1v) is 4.75. The molecule has 0 saturated heterocycles. The van der Waals surface area contributed by atoms with Crippen LogP contribution in [0.2, 0.25) is 0 Å². The molecule has 0 bridgehead atoms. The molecule has 0 spiro atoms. The maximum Gasteiger partial charge on any atom is 0.0776 e. The number of hydrogen-bond donors (Lipinski definition) is 1. The summed E-state index contributed by atoms with van der Waals surface area (Å²) in [5, 5.41) is 3.07. The van der Waals surface area contributed by atoms with Crippen molar-refractivity contribution in [2.24, 2.45) is 0 Å². The predicted octanol–water partition coefficient (Wildman–Crippen LogP) is 1.74. The van der Waals surface area contributed by atoms with Gasteiger partial charge < -0.3 is 5.32 Å². The lowest BCUT2D eigenvalue weighted by molar-refractivity contribution is 0.744. The highest BCUT2D eigenvalue weighted by atomic mass is 32.2. The second-order valence-electron chi connectivity index (χ2n) is 3.43. The van der Waals surface area contributed by atoms with Gasteiger partial charge in [-0.05, 0) is 7.05 Å². The molecule has 0 aromatic heterocycles. The zero-order valence-electron chi connectivity index (χ0n) is 7.77. The average molecular weight is 171 g/mol. The van der Waals surface area contributed by atoms with Crippen molar-refractivity contribution < 1.29 is 0 Å². The van der Waals surface area contributed by atoms with Crippen LogP contribution in [0.3, 0.4) is 0 Å². The maximum absolute atomic E-state index is 5.29. The predicted molar refractivity (Wildman–Crippen MR) is 53.9 cm³/mol. The van der Waals surface area contributed by atoms with Gasteiger partial charge in [-0.1, -0.05) is 26.7 Å². The van der Waals surface area contributed by atoms with E-state index < -0.39 is 0 Å². The van der Waals surface area contributed by atoms with Crippen LogP contribution < -0.4 is 5.32 Å². The molecule has 0 amide bonds. The third-order valence-corrected chi connectivity index (χ3v) is 2.60. The highest BCUT2D eigenvalue weighted by molar-refractivity contribution is 8.00. The Bertz CT molecular complexity index is 141. The van der Waals surface area contributed by atoms with Gasteiger partial charge in [0.25, 0.3) is 0 Å². The van der Waals surface area contributed by atoms with E-state index in [2.05, 4.69) is 32.0 Å². The van der Waals surface area contributed by atoms with E-state index in [0.29, 0.717) is 4.75 Å². The number of hydrogen-bond acceptors (Lipinski definition) is 2. The molecule has 0 rings (SSSR count). The number of terminal acetylenes is 1. The minimum atomic E-state index is 0.208. The third-order valence-electron chi connectivity index (χ3n) is 1.23. The van der Waals surface area contributed by atoms with E-state index in [9.17, 15) is 0 Å². The van der Waals surface area contributed by atoms with Crippen LogP contribution in [0.25, 0.3) is 0 Å². The molecule has 2 heteroatoms. The van der Waals surface area contributed by atoms with Gasteiger partial charge in [0.2, 0.25) is 0 Å². The molecule has 0 aromatic rings. The quantitative estimate of drug-likeness (QED) is 0.649. The Labute approximate surface area is 74.3 Å². The van der Waals surface area contributed by atoms with Gasteiger partial charge in [0.05, 0.1) is 6.04 Å². The van der Waals surface area contributed by atoms with Gasteiger partial charge in [-0.3, -0.25) is 0 Å². The van der Waals surface area contributed by atoms with E-state index in [4.69, 9.17) is 6.42 Å². The van der Waals surface area contributed by atoms with Crippen LogP contribution in [0.4, 0.5) is 0 Å². The Morgan fingerprint density at radius 2 is 2.09 bits per heavy atom. The molecule has 1 unspecified atom stereocenters.